The Balaban J connectivity index is 2.23. The maximum atomic E-state index is 9.51. The van der Waals surface area contributed by atoms with E-state index < -0.39 is 0 Å². The van der Waals surface area contributed by atoms with Gasteiger partial charge >= 0.3 is 0 Å². The van der Waals surface area contributed by atoms with Gasteiger partial charge in [-0.3, -0.25) is 4.98 Å². The first kappa shape index (κ1) is 8.91. The van der Waals surface area contributed by atoms with E-state index in [1.807, 2.05) is 24.3 Å². The van der Waals surface area contributed by atoms with E-state index in [0.29, 0.717) is 11.5 Å². The maximum absolute atomic E-state index is 9.51. The Kier molecular flexibility index (Phi) is 1.86. The highest BCUT2D eigenvalue weighted by Crippen LogP contribution is 2.28. The van der Waals surface area contributed by atoms with Crippen LogP contribution >= 0.6 is 0 Å². The van der Waals surface area contributed by atoms with Gasteiger partial charge in [0.05, 0.1) is 23.5 Å². The summed E-state index contributed by atoms with van der Waals surface area (Å²) < 4.78 is 5.15. The normalized spacial score (nSPS) is 10.8. The van der Waals surface area contributed by atoms with Crippen molar-refractivity contribution in [3.63, 3.8) is 0 Å². The lowest BCUT2D eigenvalue weighted by atomic mass is 10.2. The Labute approximate surface area is 91.2 Å². The summed E-state index contributed by atoms with van der Waals surface area (Å²) in [5.41, 5.74) is 2.12. The molecule has 2 aromatic heterocycles. The first-order valence-electron chi connectivity index (χ1n) is 4.83. The van der Waals surface area contributed by atoms with Gasteiger partial charge in [0.15, 0.2) is 11.5 Å². The Morgan fingerprint density at radius 1 is 1.06 bits per heavy atom. The average Bonchev–Trinajstić information content (AvgIpc) is 2.75. The minimum Gasteiger partial charge on any atom is -0.504 e. The molecule has 4 heteroatoms. The number of nitrogens with zero attached hydrogens (tertiary/aromatic N) is 2. The topological polar surface area (TPSA) is 59.2 Å². The van der Waals surface area contributed by atoms with E-state index in [0.717, 1.165) is 11.0 Å². The molecule has 0 aliphatic rings. The van der Waals surface area contributed by atoms with Gasteiger partial charge in [0.25, 0.3) is 0 Å². The van der Waals surface area contributed by atoms with Crippen molar-refractivity contribution in [2.24, 2.45) is 0 Å². The Morgan fingerprint density at radius 3 is 2.62 bits per heavy atom. The number of benzene rings is 1. The predicted molar refractivity (Wildman–Crippen MR) is 58.9 cm³/mol. The number of rotatable bonds is 1. The van der Waals surface area contributed by atoms with Gasteiger partial charge in [-0.15, -0.1) is 0 Å². The second-order valence-corrected chi connectivity index (χ2v) is 3.38. The highest BCUT2D eigenvalue weighted by atomic mass is 16.4. The molecule has 0 spiro atoms. The molecule has 78 valence electrons. The van der Waals surface area contributed by atoms with Crippen LogP contribution in [0.25, 0.3) is 22.5 Å². The Bertz CT molecular complexity index is 646. The summed E-state index contributed by atoms with van der Waals surface area (Å²) in [6.07, 6.45) is 3.00. The van der Waals surface area contributed by atoms with Crippen LogP contribution in [0.15, 0.2) is 47.2 Å². The lowest BCUT2D eigenvalue weighted by molar-refractivity contribution is 0.464. The highest BCUT2D eigenvalue weighted by Gasteiger charge is 2.10. The van der Waals surface area contributed by atoms with Crippen LogP contribution < -0.4 is 0 Å². The van der Waals surface area contributed by atoms with Crippen LogP contribution in [0.4, 0.5) is 0 Å². The van der Waals surface area contributed by atoms with Crippen LogP contribution in [-0.2, 0) is 0 Å². The van der Waals surface area contributed by atoms with Gasteiger partial charge < -0.3 is 9.52 Å². The van der Waals surface area contributed by atoms with Gasteiger partial charge in [0.1, 0.15) is 5.69 Å². The van der Waals surface area contributed by atoms with Gasteiger partial charge in [-0.1, -0.05) is 12.1 Å². The van der Waals surface area contributed by atoms with Gasteiger partial charge in [-0.05, 0) is 12.1 Å². The van der Waals surface area contributed by atoms with E-state index in [2.05, 4.69) is 9.97 Å². The number of hydrogen-bond donors (Lipinski definition) is 1. The molecule has 1 aromatic carbocycles. The number of aromatic nitrogens is 2. The number of hydrogen-bond acceptors (Lipinski definition) is 4. The van der Waals surface area contributed by atoms with Gasteiger partial charge in [0.2, 0.25) is 0 Å². The number of fused-ring (bicyclic) bond motifs is 1. The standard InChI is InChI=1S/C12H8N2O2/c15-11-5-6-16-12(11)10-7-13-8-3-1-2-4-9(8)14-10/h1-7,15H. The summed E-state index contributed by atoms with van der Waals surface area (Å²) in [5, 5.41) is 9.51. The molecule has 1 N–H and O–H groups in total. The van der Waals surface area contributed by atoms with Crippen LogP contribution in [-0.4, -0.2) is 15.1 Å². The molecular weight excluding hydrogens is 204 g/mol. The third kappa shape index (κ3) is 1.32. The second-order valence-electron chi connectivity index (χ2n) is 3.38. The molecule has 4 nitrogen and oxygen atoms in total. The lowest BCUT2D eigenvalue weighted by Crippen LogP contribution is -1.86. The molecule has 0 saturated carbocycles. The average molecular weight is 212 g/mol. The van der Waals surface area contributed by atoms with E-state index >= 15 is 0 Å². The van der Waals surface area contributed by atoms with E-state index in [4.69, 9.17) is 4.42 Å². The van der Waals surface area contributed by atoms with E-state index in [-0.39, 0.29) is 5.75 Å². The summed E-state index contributed by atoms with van der Waals surface area (Å²) >= 11 is 0. The fourth-order valence-corrected chi connectivity index (χ4v) is 1.56. The minimum absolute atomic E-state index is 0.0737. The molecule has 0 unspecified atom stereocenters. The van der Waals surface area contributed by atoms with Crippen LogP contribution in [0.5, 0.6) is 5.75 Å². The molecule has 0 amide bonds. The highest BCUT2D eigenvalue weighted by molar-refractivity contribution is 5.76. The zero-order chi connectivity index (χ0) is 11.0. The van der Waals surface area contributed by atoms with Gasteiger partial charge in [-0.2, -0.15) is 0 Å². The third-order valence-corrected chi connectivity index (χ3v) is 2.33. The molecule has 0 aliphatic carbocycles. The zero-order valence-corrected chi connectivity index (χ0v) is 8.29. The molecule has 2 heterocycles. The Morgan fingerprint density at radius 2 is 1.88 bits per heavy atom. The summed E-state index contributed by atoms with van der Waals surface area (Å²) in [6, 6.07) is 9.02. The number of aromatic hydroxyl groups is 1. The van der Waals surface area contributed by atoms with Crippen LogP contribution in [0.3, 0.4) is 0 Å². The van der Waals surface area contributed by atoms with Crippen LogP contribution in [0.1, 0.15) is 0 Å². The summed E-state index contributed by atoms with van der Waals surface area (Å²) in [5.74, 6) is 0.419. The summed E-state index contributed by atoms with van der Waals surface area (Å²) in [7, 11) is 0. The van der Waals surface area contributed by atoms with Crippen molar-refractivity contribution in [3.8, 4) is 17.2 Å². The van der Waals surface area contributed by atoms with Crippen molar-refractivity contribution in [2.75, 3.05) is 0 Å². The fourth-order valence-electron chi connectivity index (χ4n) is 1.56. The minimum atomic E-state index is 0.0737. The maximum Gasteiger partial charge on any atom is 0.195 e. The first-order valence-corrected chi connectivity index (χ1v) is 4.83. The van der Waals surface area contributed by atoms with Crippen molar-refractivity contribution >= 4 is 11.0 Å². The molecular formula is C12H8N2O2. The number of para-hydroxylation sites is 2. The van der Waals surface area contributed by atoms with Gasteiger partial charge in [0, 0.05) is 6.07 Å². The quantitative estimate of drug-likeness (QED) is 0.673. The molecule has 0 aliphatic heterocycles. The van der Waals surface area contributed by atoms with Crippen LogP contribution in [0.2, 0.25) is 0 Å². The SMILES string of the molecule is Oc1ccoc1-c1cnc2ccccc2n1. The van der Waals surface area contributed by atoms with E-state index in [9.17, 15) is 5.11 Å². The fraction of sp³-hybridized carbons (Fsp3) is 0. The largest absolute Gasteiger partial charge is 0.504 e. The smallest absolute Gasteiger partial charge is 0.195 e. The van der Waals surface area contributed by atoms with Crippen molar-refractivity contribution < 1.29 is 9.52 Å². The van der Waals surface area contributed by atoms with Crippen molar-refractivity contribution in [2.45, 2.75) is 0 Å². The van der Waals surface area contributed by atoms with E-state index in [1.165, 1.54) is 12.3 Å². The molecule has 3 rings (SSSR count). The molecule has 16 heavy (non-hydrogen) atoms. The molecule has 0 bridgehead atoms. The Hall–Kier alpha value is -2.36. The molecule has 0 atom stereocenters. The summed E-state index contributed by atoms with van der Waals surface area (Å²) in [4.78, 5) is 8.61. The summed E-state index contributed by atoms with van der Waals surface area (Å²) in [6.45, 7) is 0. The third-order valence-electron chi connectivity index (χ3n) is 2.33. The predicted octanol–water partition coefficient (Wildman–Crippen LogP) is 2.60. The number of furan rings is 1. The molecule has 0 radical (unpaired) electrons. The lowest BCUT2D eigenvalue weighted by Gasteiger charge is -1.99. The van der Waals surface area contributed by atoms with Crippen LogP contribution in [0, 0.1) is 0 Å². The van der Waals surface area contributed by atoms with Crippen molar-refractivity contribution in [1.82, 2.24) is 9.97 Å². The first-order chi connectivity index (χ1) is 7.84. The second kappa shape index (κ2) is 3.34. The van der Waals surface area contributed by atoms with E-state index in [1.54, 1.807) is 6.20 Å². The molecule has 0 saturated heterocycles. The van der Waals surface area contributed by atoms with Crippen molar-refractivity contribution in [1.29, 1.82) is 0 Å². The monoisotopic (exact) mass is 212 g/mol. The van der Waals surface area contributed by atoms with Crippen molar-refractivity contribution in [3.05, 3.63) is 42.8 Å². The zero-order valence-electron chi connectivity index (χ0n) is 8.29. The molecule has 0 fully saturated rings. The molecule has 3 aromatic rings. The van der Waals surface area contributed by atoms with Gasteiger partial charge in [-0.25, -0.2) is 4.98 Å².